The third kappa shape index (κ3) is 2.84. The third-order valence-electron chi connectivity index (χ3n) is 2.69. The van der Waals surface area contributed by atoms with Crippen molar-refractivity contribution < 1.29 is 13.2 Å². The molecule has 1 amide bonds. The predicted octanol–water partition coefficient (Wildman–Crippen LogP) is -0.130. The van der Waals surface area contributed by atoms with E-state index < -0.39 is 15.7 Å². The minimum atomic E-state index is -3.02. The second kappa shape index (κ2) is 4.74. The maximum atomic E-state index is 11.8. The number of hydrogen-bond acceptors (Lipinski definition) is 5. The van der Waals surface area contributed by atoms with Gasteiger partial charge in [0.05, 0.1) is 23.1 Å². The van der Waals surface area contributed by atoms with Crippen molar-refractivity contribution in [2.75, 3.05) is 11.5 Å². The molecule has 0 spiro atoms. The lowest BCUT2D eigenvalue weighted by molar-refractivity contribution is 0.0936. The maximum Gasteiger partial charge on any atom is 0.270 e. The molecule has 2 heterocycles. The monoisotopic (exact) mass is 265 g/mol. The molecular weight excluding hydrogens is 254 g/mol. The van der Waals surface area contributed by atoms with Crippen molar-refractivity contribution >= 4 is 15.7 Å². The van der Waals surface area contributed by atoms with E-state index in [0.717, 1.165) is 0 Å². The van der Waals surface area contributed by atoms with Crippen LogP contribution >= 0.6 is 0 Å². The smallest absolute Gasteiger partial charge is 0.270 e. The average molecular weight is 265 g/mol. The van der Waals surface area contributed by atoms with Gasteiger partial charge in [0.2, 0.25) is 0 Å². The van der Waals surface area contributed by atoms with Crippen molar-refractivity contribution in [1.82, 2.24) is 10.3 Å². The first-order valence-corrected chi connectivity index (χ1v) is 7.20. The van der Waals surface area contributed by atoms with E-state index in [9.17, 15) is 13.2 Å². The number of nitrogens with zero attached hydrogens (tertiary/aromatic N) is 2. The summed E-state index contributed by atoms with van der Waals surface area (Å²) in [5, 5.41) is 11.3. The zero-order valence-electron chi connectivity index (χ0n) is 9.46. The molecule has 1 saturated heterocycles. The Bertz CT molecular complexity index is 619. The molecule has 1 aliphatic heterocycles. The average Bonchev–Trinajstić information content (AvgIpc) is 2.68. The van der Waals surface area contributed by atoms with Crippen molar-refractivity contribution in [2.45, 2.75) is 12.5 Å². The van der Waals surface area contributed by atoms with Crippen LogP contribution in [0.5, 0.6) is 0 Å². The largest absolute Gasteiger partial charge is 0.347 e. The highest BCUT2D eigenvalue weighted by atomic mass is 32.2. The highest BCUT2D eigenvalue weighted by Crippen LogP contribution is 2.12. The van der Waals surface area contributed by atoms with Crippen LogP contribution in [0.4, 0.5) is 0 Å². The van der Waals surface area contributed by atoms with Crippen molar-refractivity contribution in [3.8, 4) is 6.07 Å². The van der Waals surface area contributed by atoms with E-state index in [2.05, 4.69) is 10.3 Å². The summed E-state index contributed by atoms with van der Waals surface area (Å²) < 4.78 is 22.5. The summed E-state index contributed by atoms with van der Waals surface area (Å²) >= 11 is 0. The SMILES string of the molecule is N#Cc1ccnc(C(=O)NC2CCS(=O)(=O)C2)c1. The molecule has 0 saturated carbocycles. The summed E-state index contributed by atoms with van der Waals surface area (Å²) in [6, 6.07) is 4.42. The molecule has 0 aliphatic carbocycles. The molecule has 1 unspecified atom stereocenters. The highest BCUT2D eigenvalue weighted by Gasteiger charge is 2.29. The Balaban J connectivity index is 2.07. The minimum Gasteiger partial charge on any atom is -0.347 e. The molecule has 94 valence electrons. The first-order chi connectivity index (χ1) is 8.50. The zero-order chi connectivity index (χ0) is 13.2. The highest BCUT2D eigenvalue weighted by molar-refractivity contribution is 7.91. The molecule has 6 nitrogen and oxygen atoms in total. The van der Waals surface area contributed by atoms with Gasteiger partial charge in [0.25, 0.3) is 5.91 Å². The van der Waals surface area contributed by atoms with Gasteiger partial charge >= 0.3 is 0 Å². The minimum absolute atomic E-state index is 0.0311. The van der Waals surface area contributed by atoms with Gasteiger partial charge in [-0.15, -0.1) is 0 Å². The lowest BCUT2D eigenvalue weighted by atomic mass is 10.2. The number of sulfone groups is 1. The van der Waals surface area contributed by atoms with E-state index >= 15 is 0 Å². The van der Waals surface area contributed by atoms with E-state index in [4.69, 9.17) is 5.26 Å². The van der Waals surface area contributed by atoms with Gasteiger partial charge in [-0.3, -0.25) is 9.78 Å². The molecule has 1 fully saturated rings. The van der Waals surface area contributed by atoms with E-state index in [1.54, 1.807) is 0 Å². The first-order valence-electron chi connectivity index (χ1n) is 5.37. The number of aromatic nitrogens is 1. The fourth-order valence-corrected chi connectivity index (χ4v) is 3.47. The second-order valence-corrected chi connectivity index (χ2v) is 6.34. The molecule has 0 aromatic carbocycles. The summed E-state index contributed by atoms with van der Waals surface area (Å²) in [4.78, 5) is 15.7. The lowest BCUT2D eigenvalue weighted by Gasteiger charge is -2.09. The fourth-order valence-electron chi connectivity index (χ4n) is 1.79. The molecule has 1 N–H and O–H groups in total. The van der Waals surface area contributed by atoms with Gasteiger partial charge in [-0.1, -0.05) is 0 Å². The number of rotatable bonds is 2. The molecule has 1 aromatic rings. The Morgan fingerprint density at radius 2 is 2.33 bits per heavy atom. The van der Waals surface area contributed by atoms with Gasteiger partial charge in [0.15, 0.2) is 9.84 Å². The molecule has 2 rings (SSSR count). The topological polar surface area (TPSA) is 99.9 Å². The van der Waals surface area contributed by atoms with E-state index in [0.29, 0.717) is 12.0 Å². The van der Waals surface area contributed by atoms with Gasteiger partial charge in [0.1, 0.15) is 5.69 Å². The molecule has 0 bridgehead atoms. The molecule has 1 aromatic heterocycles. The Morgan fingerprint density at radius 1 is 1.56 bits per heavy atom. The number of amides is 1. The summed E-state index contributed by atoms with van der Waals surface area (Å²) in [5.74, 6) is -0.380. The summed E-state index contributed by atoms with van der Waals surface area (Å²) in [6.45, 7) is 0. The quantitative estimate of drug-likeness (QED) is 0.803. The molecule has 1 atom stereocenters. The summed E-state index contributed by atoms with van der Waals surface area (Å²) in [5.41, 5.74) is 0.465. The Hall–Kier alpha value is -1.94. The summed E-state index contributed by atoms with van der Waals surface area (Å²) in [6.07, 6.45) is 1.80. The van der Waals surface area contributed by atoms with Crippen LogP contribution in [0.2, 0.25) is 0 Å². The van der Waals surface area contributed by atoms with Crippen LogP contribution in [-0.4, -0.2) is 36.9 Å². The van der Waals surface area contributed by atoms with Crippen LogP contribution in [0.25, 0.3) is 0 Å². The van der Waals surface area contributed by atoms with Crippen LogP contribution in [-0.2, 0) is 9.84 Å². The number of nitrogens with one attached hydrogen (secondary N) is 1. The van der Waals surface area contributed by atoms with Crippen LogP contribution in [0.3, 0.4) is 0 Å². The number of hydrogen-bond donors (Lipinski definition) is 1. The van der Waals surface area contributed by atoms with Crippen LogP contribution in [0.1, 0.15) is 22.5 Å². The van der Waals surface area contributed by atoms with Crippen molar-refractivity contribution in [2.24, 2.45) is 0 Å². The number of nitriles is 1. The second-order valence-electron chi connectivity index (χ2n) is 4.11. The standard InChI is InChI=1S/C11H11N3O3S/c12-6-8-1-3-13-10(5-8)11(15)14-9-2-4-18(16,17)7-9/h1,3,5,9H,2,4,7H2,(H,14,15). The fraction of sp³-hybridized carbons (Fsp3) is 0.364. The molecule has 0 radical (unpaired) electrons. The molecular formula is C11H11N3O3S. The summed E-state index contributed by atoms with van der Waals surface area (Å²) in [7, 11) is -3.02. The van der Waals surface area contributed by atoms with Gasteiger partial charge in [-0.2, -0.15) is 5.26 Å². The third-order valence-corrected chi connectivity index (χ3v) is 4.46. The Morgan fingerprint density at radius 3 is 2.94 bits per heavy atom. The van der Waals surface area contributed by atoms with Crippen molar-refractivity contribution in [3.63, 3.8) is 0 Å². The molecule has 18 heavy (non-hydrogen) atoms. The van der Waals surface area contributed by atoms with Crippen LogP contribution in [0.15, 0.2) is 18.3 Å². The van der Waals surface area contributed by atoms with Crippen molar-refractivity contribution in [1.29, 1.82) is 5.26 Å². The Labute approximate surface area is 105 Å². The Kier molecular flexibility index (Phi) is 3.30. The zero-order valence-corrected chi connectivity index (χ0v) is 10.3. The normalized spacial score (nSPS) is 21.2. The van der Waals surface area contributed by atoms with Gasteiger partial charge in [-0.25, -0.2) is 8.42 Å². The van der Waals surface area contributed by atoms with E-state index in [1.807, 2.05) is 6.07 Å². The molecule has 7 heteroatoms. The number of carbonyl (C=O) groups is 1. The lowest BCUT2D eigenvalue weighted by Crippen LogP contribution is -2.36. The number of carbonyl (C=O) groups excluding carboxylic acids is 1. The van der Waals surface area contributed by atoms with Gasteiger partial charge in [0, 0.05) is 12.2 Å². The first kappa shape index (κ1) is 12.5. The van der Waals surface area contributed by atoms with Crippen LogP contribution in [0, 0.1) is 11.3 Å². The molecule has 1 aliphatic rings. The van der Waals surface area contributed by atoms with Gasteiger partial charge in [-0.05, 0) is 18.6 Å². The maximum absolute atomic E-state index is 11.8. The van der Waals surface area contributed by atoms with Gasteiger partial charge < -0.3 is 5.32 Å². The van der Waals surface area contributed by atoms with E-state index in [1.165, 1.54) is 18.3 Å². The van der Waals surface area contributed by atoms with Crippen LogP contribution < -0.4 is 5.32 Å². The van der Waals surface area contributed by atoms with Crippen molar-refractivity contribution in [3.05, 3.63) is 29.6 Å². The van der Waals surface area contributed by atoms with E-state index in [-0.39, 0.29) is 23.2 Å². The predicted molar refractivity (Wildman–Crippen MR) is 63.5 cm³/mol. The number of pyridine rings is 1.